The third-order valence-corrected chi connectivity index (χ3v) is 4.83. The van der Waals surface area contributed by atoms with Gasteiger partial charge >= 0.3 is 0 Å². The number of thioether (sulfide) groups is 1. The van der Waals surface area contributed by atoms with E-state index in [2.05, 4.69) is 21.8 Å². The number of hydrogen-bond donors (Lipinski definition) is 2. The fourth-order valence-corrected chi connectivity index (χ4v) is 3.68. The summed E-state index contributed by atoms with van der Waals surface area (Å²) in [6, 6.07) is 0. The highest BCUT2D eigenvalue weighted by molar-refractivity contribution is 7.99. The van der Waals surface area contributed by atoms with E-state index in [0.29, 0.717) is 10.7 Å². The smallest absolute Gasteiger partial charge is 0.258 e. The van der Waals surface area contributed by atoms with Gasteiger partial charge in [-0.05, 0) is 38.3 Å². The van der Waals surface area contributed by atoms with E-state index in [-0.39, 0.29) is 17.4 Å². The highest BCUT2D eigenvalue weighted by atomic mass is 32.2. The van der Waals surface area contributed by atoms with Crippen molar-refractivity contribution in [3.8, 4) is 5.88 Å². The van der Waals surface area contributed by atoms with E-state index >= 15 is 0 Å². The molecule has 0 saturated carbocycles. The van der Waals surface area contributed by atoms with Crippen LogP contribution in [0.3, 0.4) is 0 Å². The van der Waals surface area contributed by atoms with Crippen molar-refractivity contribution in [1.29, 1.82) is 0 Å². The summed E-state index contributed by atoms with van der Waals surface area (Å²) in [5.74, 6) is 0.810. The maximum absolute atomic E-state index is 12.1. The van der Waals surface area contributed by atoms with Crippen LogP contribution < -0.4 is 5.56 Å². The Bertz CT molecular complexity index is 512. The maximum atomic E-state index is 12.1. The molecule has 6 heteroatoms. The zero-order valence-corrected chi connectivity index (χ0v) is 13.7. The van der Waals surface area contributed by atoms with Crippen molar-refractivity contribution >= 4 is 11.8 Å². The second-order valence-corrected chi connectivity index (χ2v) is 6.78. The average Bonchev–Trinajstić information content (AvgIpc) is 2.91. The van der Waals surface area contributed by atoms with Gasteiger partial charge in [-0.1, -0.05) is 32.0 Å². The summed E-state index contributed by atoms with van der Waals surface area (Å²) in [6.07, 6.45) is 4.42. The Labute approximate surface area is 130 Å². The van der Waals surface area contributed by atoms with Gasteiger partial charge in [-0.25, -0.2) is 0 Å². The number of aromatic amines is 1. The molecule has 0 radical (unpaired) electrons. The van der Waals surface area contributed by atoms with Crippen LogP contribution in [0.2, 0.25) is 0 Å². The molecule has 1 fully saturated rings. The van der Waals surface area contributed by atoms with Crippen molar-refractivity contribution < 1.29 is 5.11 Å². The van der Waals surface area contributed by atoms with Crippen LogP contribution in [-0.2, 0) is 0 Å². The number of nitrogens with zero attached hydrogens (tertiary/aromatic N) is 2. The molecule has 0 aliphatic carbocycles. The predicted octanol–water partition coefficient (Wildman–Crippen LogP) is 2.57. The lowest BCUT2D eigenvalue weighted by Crippen LogP contribution is -2.22. The minimum Gasteiger partial charge on any atom is -0.493 e. The summed E-state index contributed by atoms with van der Waals surface area (Å²) in [4.78, 5) is 21.5. The normalized spacial score (nSPS) is 17.2. The maximum Gasteiger partial charge on any atom is 0.258 e. The molecule has 1 aliphatic heterocycles. The third-order valence-electron chi connectivity index (χ3n) is 3.97. The Morgan fingerprint density at radius 2 is 2.14 bits per heavy atom. The molecule has 0 aromatic carbocycles. The highest BCUT2D eigenvalue weighted by Crippen LogP contribution is 2.25. The fraction of sp³-hybridized carbons (Fsp3) is 0.733. The molecule has 0 spiro atoms. The summed E-state index contributed by atoms with van der Waals surface area (Å²) in [5, 5.41) is 10.5. The molecule has 2 heterocycles. The topological polar surface area (TPSA) is 69.2 Å². The lowest BCUT2D eigenvalue weighted by Gasteiger charge is -2.14. The summed E-state index contributed by atoms with van der Waals surface area (Å²) in [6.45, 7) is 7.36. The SMILES string of the molecule is CCCC(C)c1c(O)nc(SCCN2CCCC2)[nH]c1=O. The summed E-state index contributed by atoms with van der Waals surface area (Å²) < 4.78 is 0. The zero-order valence-electron chi connectivity index (χ0n) is 12.9. The van der Waals surface area contributed by atoms with Gasteiger partial charge in [0.2, 0.25) is 5.88 Å². The monoisotopic (exact) mass is 311 g/mol. The summed E-state index contributed by atoms with van der Waals surface area (Å²) in [7, 11) is 0. The van der Waals surface area contributed by atoms with Gasteiger partial charge < -0.3 is 15.0 Å². The van der Waals surface area contributed by atoms with Gasteiger partial charge in [0.1, 0.15) is 0 Å². The first-order valence-electron chi connectivity index (χ1n) is 7.80. The number of nitrogens with one attached hydrogen (secondary N) is 1. The van der Waals surface area contributed by atoms with Crippen molar-refractivity contribution in [3.63, 3.8) is 0 Å². The van der Waals surface area contributed by atoms with Crippen molar-refractivity contribution in [2.75, 3.05) is 25.4 Å². The molecular formula is C15H25N3O2S. The number of aromatic nitrogens is 2. The first-order chi connectivity index (χ1) is 10.1. The minimum absolute atomic E-state index is 0.0369. The molecule has 1 unspecified atom stereocenters. The lowest BCUT2D eigenvalue weighted by atomic mass is 9.99. The first kappa shape index (κ1) is 16.4. The Hall–Kier alpha value is -1.01. The highest BCUT2D eigenvalue weighted by Gasteiger charge is 2.17. The van der Waals surface area contributed by atoms with Crippen molar-refractivity contribution in [3.05, 3.63) is 15.9 Å². The van der Waals surface area contributed by atoms with Gasteiger partial charge in [0.05, 0.1) is 5.56 Å². The van der Waals surface area contributed by atoms with Crippen LogP contribution in [0.4, 0.5) is 0 Å². The second-order valence-electron chi connectivity index (χ2n) is 5.70. The van der Waals surface area contributed by atoms with Crippen molar-refractivity contribution in [2.24, 2.45) is 0 Å². The van der Waals surface area contributed by atoms with Crippen LogP contribution in [0.15, 0.2) is 9.95 Å². The molecule has 21 heavy (non-hydrogen) atoms. The predicted molar refractivity (Wildman–Crippen MR) is 86.2 cm³/mol. The van der Waals surface area contributed by atoms with Gasteiger partial charge in [-0.3, -0.25) is 4.79 Å². The molecule has 1 atom stereocenters. The second kappa shape index (κ2) is 7.84. The molecule has 2 N–H and O–H groups in total. The number of hydrogen-bond acceptors (Lipinski definition) is 5. The Morgan fingerprint density at radius 3 is 2.76 bits per heavy atom. The molecule has 1 saturated heterocycles. The molecule has 2 rings (SSSR count). The largest absolute Gasteiger partial charge is 0.493 e. The summed E-state index contributed by atoms with van der Waals surface area (Å²) in [5.41, 5.74) is 0.216. The minimum atomic E-state index is -0.202. The molecule has 1 aliphatic rings. The molecular weight excluding hydrogens is 286 g/mol. The van der Waals surface area contributed by atoms with E-state index in [0.717, 1.165) is 25.1 Å². The lowest BCUT2D eigenvalue weighted by molar-refractivity contribution is 0.362. The molecule has 0 bridgehead atoms. The van der Waals surface area contributed by atoms with Crippen molar-refractivity contribution in [1.82, 2.24) is 14.9 Å². The summed E-state index contributed by atoms with van der Waals surface area (Å²) >= 11 is 1.50. The molecule has 1 aromatic rings. The third kappa shape index (κ3) is 4.48. The average molecular weight is 311 g/mol. The number of likely N-dealkylation sites (tertiary alicyclic amines) is 1. The Kier molecular flexibility index (Phi) is 6.11. The van der Waals surface area contributed by atoms with E-state index in [1.807, 2.05) is 6.92 Å². The van der Waals surface area contributed by atoms with Gasteiger partial charge in [0.25, 0.3) is 5.56 Å². The van der Waals surface area contributed by atoms with Crippen LogP contribution in [0, 0.1) is 0 Å². The molecule has 118 valence electrons. The van der Waals surface area contributed by atoms with Gasteiger partial charge in [-0.15, -0.1) is 0 Å². The standard InChI is InChI=1S/C15H25N3O2S/c1-3-6-11(2)12-13(19)16-15(17-14(12)20)21-10-9-18-7-4-5-8-18/h11H,3-10H2,1-2H3,(H2,16,17,19,20). The number of rotatable bonds is 7. The molecule has 0 amide bonds. The number of aromatic hydroxyl groups is 1. The van der Waals surface area contributed by atoms with Crippen LogP contribution >= 0.6 is 11.8 Å². The molecule has 5 nitrogen and oxygen atoms in total. The van der Waals surface area contributed by atoms with Gasteiger partial charge in [-0.2, -0.15) is 4.98 Å². The van der Waals surface area contributed by atoms with Crippen LogP contribution in [0.1, 0.15) is 51.0 Å². The Morgan fingerprint density at radius 1 is 1.43 bits per heavy atom. The van der Waals surface area contributed by atoms with Gasteiger partial charge in [0, 0.05) is 12.3 Å². The van der Waals surface area contributed by atoms with E-state index in [1.54, 1.807) is 0 Å². The quantitative estimate of drug-likeness (QED) is 0.598. The van der Waals surface area contributed by atoms with Crippen LogP contribution in [0.25, 0.3) is 0 Å². The van der Waals surface area contributed by atoms with Crippen LogP contribution in [0.5, 0.6) is 5.88 Å². The van der Waals surface area contributed by atoms with E-state index in [1.165, 1.54) is 37.7 Å². The zero-order chi connectivity index (χ0) is 15.2. The molecule has 1 aromatic heterocycles. The van der Waals surface area contributed by atoms with E-state index < -0.39 is 0 Å². The Balaban J connectivity index is 1.96. The van der Waals surface area contributed by atoms with Crippen molar-refractivity contribution in [2.45, 2.75) is 50.6 Å². The fourth-order valence-electron chi connectivity index (χ4n) is 2.82. The first-order valence-corrected chi connectivity index (χ1v) is 8.78. The van der Waals surface area contributed by atoms with Gasteiger partial charge in [0.15, 0.2) is 5.16 Å². The van der Waals surface area contributed by atoms with E-state index in [4.69, 9.17) is 0 Å². The number of H-pyrrole nitrogens is 1. The van der Waals surface area contributed by atoms with Crippen LogP contribution in [-0.4, -0.2) is 45.4 Å². The van der Waals surface area contributed by atoms with E-state index in [9.17, 15) is 9.90 Å².